The highest BCUT2D eigenvalue weighted by Crippen LogP contribution is 2.18. The lowest BCUT2D eigenvalue weighted by Crippen LogP contribution is -2.27. The molecule has 0 bridgehead atoms. The number of aromatic nitrogens is 2. The van der Waals surface area contributed by atoms with Crippen molar-refractivity contribution in [2.24, 2.45) is 0 Å². The summed E-state index contributed by atoms with van der Waals surface area (Å²) in [5.41, 5.74) is 1.44. The summed E-state index contributed by atoms with van der Waals surface area (Å²) in [5.74, 6) is 0.0456. The molecule has 1 aromatic heterocycles. The molecule has 140 valence electrons. The van der Waals surface area contributed by atoms with Gasteiger partial charge in [0, 0.05) is 18.1 Å². The number of carbonyl (C=O) groups is 1. The number of fused-ring (bicyclic) bond motifs is 1. The Labute approximate surface area is 166 Å². The van der Waals surface area contributed by atoms with Crippen molar-refractivity contribution in [2.45, 2.75) is 31.6 Å². The number of hydrogen-bond acceptors (Lipinski definition) is 4. The summed E-state index contributed by atoms with van der Waals surface area (Å²) in [6.07, 6.45) is 0.812. The summed E-state index contributed by atoms with van der Waals surface area (Å²) < 4.78 is 1.65. The Morgan fingerprint density at radius 1 is 1.19 bits per heavy atom. The quantitative estimate of drug-likeness (QED) is 0.482. The van der Waals surface area contributed by atoms with E-state index in [0.29, 0.717) is 34.2 Å². The maximum absolute atomic E-state index is 12.7. The van der Waals surface area contributed by atoms with Gasteiger partial charge in [-0.3, -0.25) is 14.2 Å². The van der Waals surface area contributed by atoms with Crippen molar-refractivity contribution in [3.05, 3.63) is 69.5 Å². The van der Waals surface area contributed by atoms with Gasteiger partial charge in [0.25, 0.3) is 5.56 Å². The third-order valence-electron chi connectivity index (χ3n) is 4.04. The first-order valence-electron chi connectivity index (χ1n) is 8.72. The van der Waals surface area contributed by atoms with E-state index >= 15 is 0 Å². The third kappa shape index (κ3) is 4.70. The molecule has 0 fully saturated rings. The summed E-state index contributed by atoms with van der Waals surface area (Å²) in [6, 6.07) is 14.7. The Morgan fingerprint density at radius 2 is 1.93 bits per heavy atom. The van der Waals surface area contributed by atoms with E-state index in [4.69, 9.17) is 11.6 Å². The molecule has 0 spiro atoms. The molecule has 3 rings (SSSR count). The minimum Gasteiger partial charge on any atom is -0.351 e. The number of thioether (sulfide) groups is 1. The van der Waals surface area contributed by atoms with Gasteiger partial charge in [-0.25, -0.2) is 4.98 Å². The minimum atomic E-state index is -0.134. The second-order valence-electron chi connectivity index (χ2n) is 6.03. The van der Waals surface area contributed by atoms with Crippen LogP contribution in [0.25, 0.3) is 10.9 Å². The Hall–Kier alpha value is -2.31. The van der Waals surface area contributed by atoms with E-state index in [1.165, 1.54) is 11.8 Å². The molecule has 0 aliphatic heterocycles. The lowest BCUT2D eigenvalue weighted by atomic mass is 10.2. The topological polar surface area (TPSA) is 64.0 Å². The highest BCUT2D eigenvalue weighted by Gasteiger charge is 2.13. The predicted octanol–water partition coefficient (Wildman–Crippen LogP) is 3.87. The standard InChI is InChI=1S/C20H20ClN3O2S/c1-2-11-24-19(26)15-8-4-6-10-17(15)23-20(24)27-13-18(25)22-12-14-7-3-5-9-16(14)21/h3-10H,2,11-13H2,1H3,(H,22,25). The van der Waals surface area contributed by atoms with Crippen molar-refractivity contribution < 1.29 is 4.79 Å². The normalized spacial score (nSPS) is 10.9. The SMILES string of the molecule is CCCn1c(SCC(=O)NCc2ccccc2Cl)nc2ccccc2c1=O. The van der Waals surface area contributed by atoms with Crippen LogP contribution in [-0.4, -0.2) is 21.2 Å². The molecule has 0 aliphatic carbocycles. The number of halogens is 1. The Bertz CT molecular complexity index is 1020. The second-order valence-corrected chi connectivity index (χ2v) is 7.37. The average Bonchev–Trinajstić information content (AvgIpc) is 2.68. The molecule has 27 heavy (non-hydrogen) atoms. The van der Waals surface area contributed by atoms with E-state index in [9.17, 15) is 9.59 Å². The molecule has 1 N–H and O–H groups in total. The van der Waals surface area contributed by atoms with Crippen LogP contribution < -0.4 is 10.9 Å². The predicted molar refractivity (Wildman–Crippen MR) is 110 cm³/mol. The molecular formula is C20H20ClN3O2S. The van der Waals surface area contributed by atoms with Gasteiger partial charge in [-0.05, 0) is 30.2 Å². The molecule has 1 heterocycles. The largest absolute Gasteiger partial charge is 0.351 e. The van der Waals surface area contributed by atoms with Crippen molar-refractivity contribution in [3.8, 4) is 0 Å². The first-order chi connectivity index (χ1) is 13.1. The lowest BCUT2D eigenvalue weighted by Gasteiger charge is -2.12. The molecule has 0 atom stereocenters. The van der Waals surface area contributed by atoms with Crippen molar-refractivity contribution in [2.75, 3.05) is 5.75 Å². The summed E-state index contributed by atoms with van der Waals surface area (Å²) in [6.45, 7) is 2.94. The number of nitrogens with one attached hydrogen (secondary N) is 1. The highest BCUT2D eigenvalue weighted by molar-refractivity contribution is 7.99. The fourth-order valence-corrected chi connectivity index (χ4v) is 3.75. The van der Waals surface area contributed by atoms with Gasteiger partial charge >= 0.3 is 0 Å². The van der Waals surface area contributed by atoms with Gasteiger partial charge in [0.1, 0.15) is 0 Å². The number of amides is 1. The van der Waals surface area contributed by atoms with Gasteiger partial charge in [0.2, 0.25) is 5.91 Å². The molecule has 3 aromatic rings. The second kappa shape index (κ2) is 9.06. The molecule has 5 nitrogen and oxygen atoms in total. The van der Waals surface area contributed by atoms with Crippen LogP contribution in [0.1, 0.15) is 18.9 Å². The zero-order valence-corrected chi connectivity index (χ0v) is 16.5. The van der Waals surface area contributed by atoms with Crippen LogP contribution in [0.2, 0.25) is 5.02 Å². The van der Waals surface area contributed by atoms with Gasteiger partial charge in [-0.2, -0.15) is 0 Å². The number of benzene rings is 2. The Kier molecular flexibility index (Phi) is 6.53. The van der Waals surface area contributed by atoms with Gasteiger partial charge in [0.05, 0.1) is 16.7 Å². The summed E-state index contributed by atoms with van der Waals surface area (Å²) >= 11 is 7.37. The van der Waals surface area contributed by atoms with Crippen LogP contribution in [0.5, 0.6) is 0 Å². The van der Waals surface area contributed by atoms with Crippen molar-refractivity contribution >= 4 is 40.2 Å². The van der Waals surface area contributed by atoms with Gasteiger partial charge < -0.3 is 5.32 Å². The van der Waals surface area contributed by atoms with Crippen LogP contribution in [0, 0.1) is 0 Å². The maximum atomic E-state index is 12.7. The van der Waals surface area contributed by atoms with E-state index < -0.39 is 0 Å². The molecule has 0 unspecified atom stereocenters. The van der Waals surface area contributed by atoms with Gasteiger partial charge in [-0.15, -0.1) is 0 Å². The minimum absolute atomic E-state index is 0.0681. The zero-order valence-electron chi connectivity index (χ0n) is 14.9. The molecule has 1 amide bonds. The number of hydrogen-bond donors (Lipinski definition) is 1. The Morgan fingerprint density at radius 3 is 2.70 bits per heavy atom. The van der Waals surface area contributed by atoms with Crippen molar-refractivity contribution in [3.63, 3.8) is 0 Å². The number of nitrogens with zero attached hydrogens (tertiary/aromatic N) is 2. The van der Waals surface area contributed by atoms with Crippen LogP contribution in [-0.2, 0) is 17.9 Å². The van der Waals surface area contributed by atoms with Crippen LogP contribution in [0.3, 0.4) is 0 Å². The smallest absolute Gasteiger partial charge is 0.262 e. The van der Waals surface area contributed by atoms with E-state index in [2.05, 4.69) is 10.3 Å². The van der Waals surface area contributed by atoms with E-state index in [1.807, 2.05) is 43.3 Å². The lowest BCUT2D eigenvalue weighted by molar-refractivity contribution is -0.118. The molecule has 0 radical (unpaired) electrons. The monoisotopic (exact) mass is 401 g/mol. The summed E-state index contributed by atoms with van der Waals surface area (Å²) in [7, 11) is 0. The molecule has 7 heteroatoms. The van der Waals surface area contributed by atoms with Gasteiger partial charge in [-0.1, -0.05) is 60.6 Å². The molecule has 2 aromatic carbocycles. The van der Waals surface area contributed by atoms with Crippen molar-refractivity contribution in [1.29, 1.82) is 0 Å². The first kappa shape index (κ1) is 19.5. The summed E-state index contributed by atoms with van der Waals surface area (Å²) in [5, 5.41) is 4.64. The fraction of sp³-hybridized carbons (Fsp3) is 0.250. The molecule has 0 saturated carbocycles. The van der Waals surface area contributed by atoms with Gasteiger partial charge in [0.15, 0.2) is 5.16 Å². The van der Waals surface area contributed by atoms with E-state index in [-0.39, 0.29) is 17.2 Å². The van der Waals surface area contributed by atoms with Crippen LogP contribution in [0.4, 0.5) is 0 Å². The number of para-hydroxylation sites is 1. The van der Waals surface area contributed by atoms with Crippen LogP contribution >= 0.6 is 23.4 Å². The number of carbonyl (C=O) groups excluding carboxylic acids is 1. The first-order valence-corrected chi connectivity index (χ1v) is 10.1. The molecular weight excluding hydrogens is 382 g/mol. The fourth-order valence-electron chi connectivity index (χ4n) is 2.70. The number of rotatable bonds is 7. The summed E-state index contributed by atoms with van der Waals surface area (Å²) in [4.78, 5) is 29.5. The maximum Gasteiger partial charge on any atom is 0.262 e. The average molecular weight is 402 g/mol. The molecule has 0 saturated heterocycles. The Balaban J connectivity index is 1.72. The van der Waals surface area contributed by atoms with Crippen LogP contribution in [0.15, 0.2) is 58.5 Å². The highest BCUT2D eigenvalue weighted by atomic mass is 35.5. The van der Waals surface area contributed by atoms with E-state index in [0.717, 1.165) is 12.0 Å². The molecule has 0 aliphatic rings. The third-order valence-corrected chi connectivity index (χ3v) is 5.39. The van der Waals surface area contributed by atoms with Crippen molar-refractivity contribution in [1.82, 2.24) is 14.9 Å². The van der Waals surface area contributed by atoms with E-state index in [1.54, 1.807) is 16.7 Å². The zero-order chi connectivity index (χ0) is 19.2.